The number of hydrogen-bond donors (Lipinski definition) is 0. The average Bonchev–Trinajstić information content (AvgIpc) is 2.95. The van der Waals surface area contributed by atoms with Gasteiger partial charge in [0.1, 0.15) is 5.75 Å². The molecule has 1 aliphatic rings. The standard InChI is InChI=1S/C21H16O/c1-2-22-17-12-10-15(11-13-17)18-8-5-9-20-19-7-4-3-6-16(19)14-21(18)20/h2-13H,1,14H2. The average molecular weight is 284 g/mol. The number of ether oxygens (including phenoxy) is 1. The lowest BCUT2D eigenvalue weighted by Gasteiger charge is -2.09. The van der Waals surface area contributed by atoms with Crippen molar-refractivity contribution in [1.29, 1.82) is 0 Å². The molecule has 0 radical (unpaired) electrons. The highest BCUT2D eigenvalue weighted by Gasteiger charge is 2.20. The van der Waals surface area contributed by atoms with Gasteiger partial charge in [-0.2, -0.15) is 0 Å². The van der Waals surface area contributed by atoms with Crippen molar-refractivity contribution < 1.29 is 4.74 Å². The van der Waals surface area contributed by atoms with Crippen molar-refractivity contribution in [3.8, 4) is 28.0 Å². The minimum absolute atomic E-state index is 0.814. The minimum Gasteiger partial charge on any atom is -0.466 e. The van der Waals surface area contributed by atoms with Gasteiger partial charge in [-0.1, -0.05) is 61.2 Å². The first-order chi connectivity index (χ1) is 10.9. The van der Waals surface area contributed by atoms with Gasteiger partial charge in [-0.15, -0.1) is 0 Å². The smallest absolute Gasteiger partial charge is 0.126 e. The van der Waals surface area contributed by atoms with Crippen molar-refractivity contribution in [3.05, 3.63) is 90.7 Å². The highest BCUT2D eigenvalue weighted by molar-refractivity contribution is 5.84. The van der Waals surface area contributed by atoms with Crippen molar-refractivity contribution in [2.45, 2.75) is 6.42 Å². The predicted molar refractivity (Wildman–Crippen MR) is 90.9 cm³/mol. The van der Waals surface area contributed by atoms with Crippen LogP contribution in [0.25, 0.3) is 22.3 Å². The van der Waals surface area contributed by atoms with Crippen LogP contribution in [0.4, 0.5) is 0 Å². The summed E-state index contributed by atoms with van der Waals surface area (Å²) in [6, 6.07) is 23.4. The van der Waals surface area contributed by atoms with Gasteiger partial charge in [-0.05, 0) is 51.9 Å². The van der Waals surface area contributed by atoms with E-state index in [1.165, 1.54) is 39.6 Å². The number of rotatable bonds is 3. The third kappa shape index (κ3) is 2.03. The van der Waals surface area contributed by atoms with Crippen molar-refractivity contribution in [2.75, 3.05) is 0 Å². The Hall–Kier alpha value is -2.80. The molecule has 1 heteroatoms. The normalized spacial score (nSPS) is 11.6. The Labute approximate surface area is 130 Å². The summed E-state index contributed by atoms with van der Waals surface area (Å²) in [5.74, 6) is 0.814. The van der Waals surface area contributed by atoms with Gasteiger partial charge < -0.3 is 4.74 Å². The van der Waals surface area contributed by atoms with Crippen LogP contribution in [-0.4, -0.2) is 0 Å². The molecule has 0 heterocycles. The van der Waals surface area contributed by atoms with E-state index < -0.39 is 0 Å². The van der Waals surface area contributed by atoms with Crippen LogP contribution in [0.15, 0.2) is 79.6 Å². The van der Waals surface area contributed by atoms with Crippen LogP contribution in [0.5, 0.6) is 5.75 Å². The number of fused-ring (bicyclic) bond motifs is 3. The van der Waals surface area contributed by atoms with Gasteiger partial charge in [-0.3, -0.25) is 0 Å². The summed E-state index contributed by atoms with van der Waals surface area (Å²) in [6.07, 6.45) is 2.46. The Morgan fingerprint density at radius 2 is 1.50 bits per heavy atom. The Kier molecular flexibility index (Phi) is 3.05. The van der Waals surface area contributed by atoms with Gasteiger partial charge in [0.2, 0.25) is 0 Å². The topological polar surface area (TPSA) is 9.23 Å². The molecule has 0 saturated carbocycles. The van der Waals surface area contributed by atoms with Crippen LogP contribution in [0, 0.1) is 0 Å². The minimum atomic E-state index is 0.814. The van der Waals surface area contributed by atoms with Crippen LogP contribution in [0.1, 0.15) is 11.1 Å². The molecule has 0 unspecified atom stereocenters. The van der Waals surface area contributed by atoms with Crippen molar-refractivity contribution >= 4 is 0 Å². The van der Waals surface area contributed by atoms with Crippen LogP contribution in [0.3, 0.4) is 0 Å². The van der Waals surface area contributed by atoms with Gasteiger partial charge >= 0.3 is 0 Å². The summed E-state index contributed by atoms with van der Waals surface area (Å²) in [5, 5.41) is 0. The molecule has 4 rings (SSSR count). The van der Waals surface area contributed by atoms with E-state index in [2.05, 4.69) is 61.2 Å². The lowest BCUT2D eigenvalue weighted by atomic mass is 9.96. The summed E-state index contributed by atoms with van der Waals surface area (Å²) in [5.41, 5.74) is 8.09. The first kappa shape index (κ1) is 12.9. The van der Waals surface area contributed by atoms with E-state index in [9.17, 15) is 0 Å². The zero-order valence-electron chi connectivity index (χ0n) is 12.3. The molecular weight excluding hydrogens is 268 g/mol. The molecule has 0 bridgehead atoms. The molecule has 0 aliphatic heterocycles. The van der Waals surface area contributed by atoms with Crippen LogP contribution >= 0.6 is 0 Å². The van der Waals surface area contributed by atoms with Crippen LogP contribution in [0.2, 0.25) is 0 Å². The molecule has 0 amide bonds. The highest BCUT2D eigenvalue weighted by atomic mass is 16.5. The van der Waals surface area contributed by atoms with Gasteiger partial charge in [0.15, 0.2) is 0 Å². The van der Waals surface area contributed by atoms with Crippen LogP contribution in [-0.2, 0) is 6.42 Å². The fourth-order valence-electron chi connectivity index (χ4n) is 3.24. The summed E-state index contributed by atoms with van der Waals surface area (Å²) in [4.78, 5) is 0. The molecule has 22 heavy (non-hydrogen) atoms. The second-order valence-corrected chi connectivity index (χ2v) is 5.47. The molecule has 0 aromatic heterocycles. The summed E-state index contributed by atoms with van der Waals surface area (Å²) in [6.45, 7) is 3.58. The molecule has 3 aromatic carbocycles. The van der Waals surface area contributed by atoms with Gasteiger partial charge in [-0.25, -0.2) is 0 Å². The summed E-state index contributed by atoms with van der Waals surface area (Å²) < 4.78 is 5.30. The fourth-order valence-corrected chi connectivity index (χ4v) is 3.24. The SMILES string of the molecule is C=COc1ccc(-c2cccc3c2Cc2ccccc2-3)cc1. The Balaban J connectivity index is 1.80. The molecule has 1 nitrogen and oxygen atoms in total. The van der Waals surface area contributed by atoms with Gasteiger partial charge in [0.25, 0.3) is 0 Å². The first-order valence-corrected chi connectivity index (χ1v) is 7.45. The zero-order chi connectivity index (χ0) is 14.9. The molecule has 0 spiro atoms. The van der Waals surface area contributed by atoms with E-state index in [1.54, 1.807) is 0 Å². The van der Waals surface area contributed by atoms with E-state index in [1.807, 2.05) is 12.1 Å². The Bertz CT molecular complexity index is 844. The Morgan fingerprint density at radius 3 is 2.32 bits per heavy atom. The lowest BCUT2D eigenvalue weighted by Crippen LogP contribution is -1.88. The maximum absolute atomic E-state index is 5.30. The van der Waals surface area contributed by atoms with Gasteiger partial charge in [0, 0.05) is 0 Å². The maximum Gasteiger partial charge on any atom is 0.126 e. The third-order valence-electron chi connectivity index (χ3n) is 4.24. The lowest BCUT2D eigenvalue weighted by molar-refractivity contribution is 0.483. The van der Waals surface area contributed by atoms with E-state index in [0.717, 1.165) is 12.2 Å². The van der Waals surface area contributed by atoms with Crippen molar-refractivity contribution in [1.82, 2.24) is 0 Å². The van der Waals surface area contributed by atoms with E-state index in [4.69, 9.17) is 4.74 Å². The number of benzene rings is 3. The zero-order valence-corrected chi connectivity index (χ0v) is 12.3. The van der Waals surface area contributed by atoms with Crippen LogP contribution < -0.4 is 4.74 Å². The first-order valence-electron chi connectivity index (χ1n) is 7.45. The molecule has 0 N–H and O–H groups in total. The molecule has 0 fully saturated rings. The summed E-state index contributed by atoms with van der Waals surface area (Å²) >= 11 is 0. The number of hydrogen-bond acceptors (Lipinski definition) is 1. The summed E-state index contributed by atoms with van der Waals surface area (Å²) in [7, 11) is 0. The van der Waals surface area contributed by atoms with E-state index in [0.29, 0.717) is 0 Å². The second-order valence-electron chi connectivity index (χ2n) is 5.47. The molecule has 0 atom stereocenters. The van der Waals surface area contributed by atoms with Gasteiger partial charge in [0.05, 0.1) is 6.26 Å². The largest absolute Gasteiger partial charge is 0.466 e. The second kappa shape index (κ2) is 5.19. The molecule has 0 saturated heterocycles. The third-order valence-corrected chi connectivity index (χ3v) is 4.24. The van der Waals surface area contributed by atoms with Crippen molar-refractivity contribution in [2.24, 2.45) is 0 Å². The quantitative estimate of drug-likeness (QED) is 0.455. The van der Waals surface area contributed by atoms with Crippen molar-refractivity contribution in [3.63, 3.8) is 0 Å². The predicted octanol–water partition coefficient (Wildman–Crippen LogP) is 5.45. The molecule has 1 aliphatic carbocycles. The maximum atomic E-state index is 5.30. The fraction of sp³-hybridized carbons (Fsp3) is 0.0476. The molecule has 106 valence electrons. The molecular formula is C21H16O. The Morgan fingerprint density at radius 1 is 0.773 bits per heavy atom. The van der Waals surface area contributed by atoms with E-state index in [-0.39, 0.29) is 0 Å². The highest BCUT2D eigenvalue weighted by Crippen LogP contribution is 2.41. The molecule has 3 aromatic rings. The monoisotopic (exact) mass is 284 g/mol. The van der Waals surface area contributed by atoms with E-state index >= 15 is 0 Å².